The summed E-state index contributed by atoms with van der Waals surface area (Å²) in [6.45, 7) is 5.77. The minimum atomic E-state index is 0.522. The molecule has 0 heterocycles. The largest absolute Gasteiger partial charge is 0.492 e. The number of hydrogen-bond acceptors (Lipinski definition) is 2. The number of nitrogens with one attached hydrogen (secondary N) is 1. The zero-order valence-corrected chi connectivity index (χ0v) is 13.4. The van der Waals surface area contributed by atoms with Crippen LogP contribution in [0.2, 0.25) is 5.02 Å². The van der Waals surface area contributed by atoms with Gasteiger partial charge in [0.05, 0.1) is 12.3 Å². The van der Waals surface area contributed by atoms with Crippen LogP contribution >= 0.6 is 11.6 Å². The second kappa shape index (κ2) is 7.94. The fourth-order valence-electron chi connectivity index (χ4n) is 2.29. The maximum Gasteiger partial charge on any atom is 0.142 e. The van der Waals surface area contributed by atoms with E-state index in [-0.39, 0.29) is 0 Å². The molecule has 0 aliphatic rings. The molecule has 1 unspecified atom stereocenters. The molecule has 2 nitrogen and oxygen atoms in total. The van der Waals surface area contributed by atoms with Crippen LogP contribution in [0.25, 0.3) is 0 Å². The zero-order chi connectivity index (χ0) is 15.1. The van der Waals surface area contributed by atoms with Crippen molar-refractivity contribution < 1.29 is 4.74 Å². The zero-order valence-electron chi connectivity index (χ0n) is 12.6. The molecule has 0 aliphatic carbocycles. The maximum atomic E-state index is 6.06. The molecule has 0 aliphatic heterocycles. The molecule has 2 rings (SSSR count). The highest BCUT2D eigenvalue weighted by Crippen LogP contribution is 2.28. The molecule has 0 saturated heterocycles. The molecule has 0 amide bonds. The minimum Gasteiger partial charge on any atom is -0.492 e. The first-order valence-electron chi connectivity index (χ1n) is 7.42. The van der Waals surface area contributed by atoms with Crippen LogP contribution in [0.15, 0.2) is 48.5 Å². The molecule has 0 aromatic heterocycles. The second-order valence-corrected chi connectivity index (χ2v) is 5.54. The Morgan fingerprint density at radius 2 is 1.90 bits per heavy atom. The third kappa shape index (κ3) is 4.68. The number of anilines is 1. The van der Waals surface area contributed by atoms with E-state index in [1.54, 1.807) is 0 Å². The maximum absolute atomic E-state index is 6.06. The van der Waals surface area contributed by atoms with E-state index in [9.17, 15) is 0 Å². The highest BCUT2D eigenvalue weighted by molar-refractivity contribution is 6.30. The lowest BCUT2D eigenvalue weighted by Gasteiger charge is -2.15. The van der Waals surface area contributed by atoms with E-state index < -0.39 is 0 Å². The van der Waals surface area contributed by atoms with Crippen LogP contribution in [-0.2, 0) is 0 Å². The van der Waals surface area contributed by atoms with Crippen molar-refractivity contribution in [2.24, 2.45) is 0 Å². The van der Waals surface area contributed by atoms with Gasteiger partial charge in [-0.2, -0.15) is 0 Å². The predicted octanol–water partition coefficient (Wildman–Crippen LogP) is 5.34. The average molecular weight is 304 g/mol. The van der Waals surface area contributed by atoms with E-state index >= 15 is 0 Å². The Balaban J connectivity index is 1.92. The van der Waals surface area contributed by atoms with Gasteiger partial charge in [0.15, 0.2) is 0 Å². The van der Waals surface area contributed by atoms with Crippen molar-refractivity contribution in [3.8, 4) is 5.75 Å². The molecule has 112 valence electrons. The van der Waals surface area contributed by atoms with Gasteiger partial charge in [-0.1, -0.05) is 48.9 Å². The van der Waals surface area contributed by atoms with E-state index in [4.69, 9.17) is 16.3 Å². The first-order valence-corrected chi connectivity index (χ1v) is 7.79. The molecule has 2 aromatic carbocycles. The van der Waals surface area contributed by atoms with Crippen molar-refractivity contribution in [1.29, 1.82) is 0 Å². The van der Waals surface area contributed by atoms with Crippen molar-refractivity contribution in [3.63, 3.8) is 0 Å². The fraction of sp³-hybridized carbons (Fsp3) is 0.333. The first kappa shape index (κ1) is 15.7. The summed E-state index contributed by atoms with van der Waals surface area (Å²) < 4.78 is 5.61. The fourth-order valence-corrected chi connectivity index (χ4v) is 2.47. The van der Waals surface area contributed by atoms with Gasteiger partial charge in [0.1, 0.15) is 5.75 Å². The Morgan fingerprint density at radius 3 is 2.62 bits per heavy atom. The molecular formula is C18H22ClNO. The Labute approximate surface area is 132 Å². The topological polar surface area (TPSA) is 21.3 Å². The number of ether oxygens (including phenoxy) is 1. The molecule has 1 N–H and O–H groups in total. The van der Waals surface area contributed by atoms with E-state index in [1.807, 2.05) is 25.1 Å². The molecule has 2 aromatic rings. The van der Waals surface area contributed by atoms with Gasteiger partial charge in [0.2, 0.25) is 0 Å². The third-order valence-electron chi connectivity index (χ3n) is 3.50. The molecular weight excluding hydrogens is 282 g/mol. The van der Waals surface area contributed by atoms with Crippen molar-refractivity contribution >= 4 is 17.3 Å². The Hall–Kier alpha value is -1.67. The molecule has 3 heteroatoms. The minimum absolute atomic E-state index is 0.522. The van der Waals surface area contributed by atoms with Crippen LogP contribution in [0.4, 0.5) is 5.69 Å². The smallest absolute Gasteiger partial charge is 0.142 e. The summed E-state index contributed by atoms with van der Waals surface area (Å²) in [5, 5.41) is 4.15. The molecule has 0 radical (unpaired) electrons. The molecule has 0 bridgehead atoms. The third-order valence-corrected chi connectivity index (χ3v) is 3.74. The summed E-state index contributed by atoms with van der Waals surface area (Å²) in [5.41, 5.74) is 2.33. The highest BCUT2D eigenvalue weighted by atomic mass is 35.5. The van der Waals surface area contributed by atoms with Crippen LogP contribution in [0.5, 0.6) is 5.75 Å². The lowest BCUT2D eigenvalue weighted by atomic mass is 9.98. The molecule has 0 spiro atoms. The standard InChI is InChI=1S/C18H22ClNO/c1-3-21-18-10-9-16(19)13-17(18)20-12-11-14(2)15-7-5-4-6-8-15/h4-10,13-14,20H,3,11-12H2,1-2H3. The summed E-state index contributed by atoms with van der Waals surface area (Å²) in [6, 6.07) is 16.3. The van der Waals surface area contributed by atoms with E-state index in [2.05, 4.69) is 42.6 Å². The van der Waals surface area contributed by atoms with Crippen LogP contribution in [-0.4, -0.2) is 13.2 Å². The van der Waals surface area contributed by atoms with Crippen molar-refractivity contribution in [2.75, 3.05) is 18.5 Å². The average Bonchev–Trinajstić information content (AvgIpc) is 2.51. The predicted molar refractivity (Wildman–Crippen MR) is 90.6 cm³/mol. The highest BCUT2D eigenvalue weighted by Gasteiger charge is 2.07. The van der Waals surface area contributed by atoms with Crippen LogP contribution in [0.3, 0.4) is 0 Å². The van der Waals surface area contributed by atoms with Gasteiger partial charge in [-0.3, -0.25) is 0 Å². The first-order chi connectivity index (χ1) is 10.2. The van der Waals surface area contributed by atoms with Crippen molar-refractivity contribution in [1.82, 2.24) is 0 Å². The number of rotatable bonds is 7. The summed E-state index contributed by atoms with van der Waals surface area (Å²) in [4.78, 5) is 0. The van der Waals surface area contributed by atoms with Gasteiger partial charge in [-0.05, 0) is 43.0 Å². The molecule has 21 heavy (non-hydrogen) atoms. The monoisotopic (exact) mass is 303 g/mol. The van der Waals surface area contributed by atoms with Gasteiger partial charge in [-0.25, -0.2) is 0 Å². The van der Waals surface area contributed by atoms with Gasteiger partial charge >= 0.3 is 0 Å². The van der Waals surface area contributed by atoms with E-state index in [0.717, 1.165) is 29.4 Å². The summed E-state index contributed by atoms with van der Waals surface area (Å²) in [5.74, 6) is 1.38. The van der Waals surface area contributed by atoms with Gasteiger partial charge < -0.3 is 10.1 Å². The number of benzene rings is 2. The molecule has 0 saturated carbocycles. The van der Waals surface area contributed by atoms with Crippen molar-refractivity contribution in [2.45, 2.75) is 26.2 Å². The number of halogens is 1. The molecule has 1 atom stereocenters. The lowest BCUT2D eigenvalue weighted by molar-refractivity contribution is 0.341. The van der Waals surface area contributed by atoms with Crippen LogP contribution < -0.4 is 10.1 Å². The van der Waals surface area contributed by atoms with Gasteiger partial charge in [-0.15, -0.1) is 0 Å². The van der Waals surface area contributed by atoms with Gasteiger partial charge in [0.25, 0.3) is 0 Å². The normalized spacial score (nSPS) is 12.0. The SMILES string of the molecule is CCOc1ccc(Cl)cc1NCCC(C)c1ccccc1. The summed E-state index contributed by atoms with van der Waals surface area (Å²) in [6.07, 6.45) is 1.06. The van der Waals surface area contributed by atoms with Crippen LogP contribution in [0, 0.1) is 0 Å². The summed E-state index contributed by atoms with van der Waals surface area (Å²) >= 11 is 6.06. The molecule has 0 fully saturated rings. The quantitative estimate of drug-likeness (QED) is 0.745. The van der Waals surface area contributed by atoms with Crippen molar-refractivity contribution in [3.05, 3.63) is 59.1 Å². The van der Waals surface area contributed by atoms with Crippen LogP contribution in [0.1, 0.15) is 31.7 Å². The Bertz CT molecular complexity index is 556. The Kier molecular flexibility index (Phi) is 5.94. The Morgan fingerprint density at radius 1 is 1.14 bits per heavy atom. The number of hydrogen-bond donors (Lipinski definition) is 1. The summed E-state index contributed by atoms with van der Waals surface area (Å²) in [7, 11) is 0. The van der Waals surface area contributed by atoms with E-state index in [0.29, 0.717) is 12.5 Å². The lowest BCUT2D eigenvalue weighted by Crippen LogP contribution is -2.07. The second-order valence-electron chi connectivity index (χ2n) is 5.10. The van der Waals surface area contributed by atoms with Gasteiger partial charge in [0, 0.05) is 11.6 Å². The van der Waals surface area contributed by atoms with E-state index in [1.165, 1.54) is 5.56 Å².